The van der Waals surface area contributed by atoms with Crippen molar-refractivity contribution in [3.8, 4) is 0 Å². The Labute approximate surface area is 140 Å². The molecule has 1 aliphatic rings. The molecule has 23 heavy (non-hydrogen) atoms. The molecule has 0 amide bonds. The van der Waals surface area contributed by atoms with Crippen LogP contribution in [0.2, 0.25) is 0 Å². The van der Waals surface area contributed by atoms with Gasteiger partial charge in [-0.25, -0.2) is 0 Å². The van der Waals surface area contributed by atoms with E-state index in [0.29, 0.717) is 0 Å². The van der Waals surface area contributed by atoms with E-state index in [4.69, 9.17) is 9.31 Å². The van der Waals surface area contributed by atoms with Gasteiger partial charge < -0.3 is 14.4 Å². The second-order valence-electron chi connectivity index (χ2n) is 8.41. The Bertz CT molecular complexity index is 554. The molecule has 1 aromatic rings. The first-order valence-electron chi connectivity index (χ1n) is 8.24. The van der Waals surface area contributed by atoms with Crippen LogP contribution in [0.1, 0.15) is 60.1 Å². The van der Waals surface area contributed by atoms with E-state index in [9.17, 15) is 5.11 Å². The van der Waals surface area contributed by atoms with Crippen LogP contribution in [0.5, 0.6) is 0 Å². The minimum atomic E-state index is -0.745. The zero-order valence-corrected chi connectivity index (χ0v) is 15.4. The topological polar surface area (TPSA) is 38.7 Å². The third kappa shape index (κ3) is 4.06. The van der Waals surface area contributed by atoms with Gasteiger partial charge in [-0.15, -0.1) is 0 Å². The van der Waals surface area contributed by atoms with Gasteiger partial charge >= 0.3 is 7.12 Å². The second kappa shape index (κ2) is 6.08. The van der Waals surface area contributed by atoms with E-state index in [1.165, 1.54) is 0 Å². The van der Waals surface area contributed by atoms with E-state index >= 15 is 0 Å². The van der Waals surface area contributed by atoms with Crippen molar-refractivity contribution in [1.82, 2.24) is 0 Å². The van der Waals surface area contributed by atoms with Crippen molar-refractivity contribution >= 4 is 7.12 Å². The van der Waals surface area contributed by atoms with Crippen LogP contribution in [0, 0.1) is 5.41 Å². The molecule has 1 aromatic carbocycles. The fourth-order valence-corrected chi connectivity index (χ4v) is 2.58. The summed E-state index contributed by atoms with van der Waals surface area (Å²) in [7, 11) is -0.547. The molecule has 4 heteroatoms. The normalized spacial score (nSPS) is 22.3. The van der Waals surface area contributed by atoms with Gasteiger partial charge in [0.25, 0.3) is 0 Å². The van der Waals surface area contributed by atoms with Crippen LogP contribution in [-0.4, -0.2) is 23.4 Å². The molecule has 3 nitrogen and oxygen atoms in total. The van der Waals surface area contributed by atoms with Crippen LogP contribution in [0.25, 0.3) is 0 Å². The van der Waals surface area contributed by atoms with Crippen molar-refractivity contribution in [2.24, 2.45) is 5.41 Å². The van der Waals surface area contributed by atoms with Gasteiger partial charge in [-0.3, -0.25) is 0 Å². The van der Waals surface area contributed by atoms with Gasteiger partial charge in [-0.05, 0) is 44.1 Å². The van der Waals surface area contributed by atoms with Gasteiger partial charge in [-0.2, -0.15) is 0 Å². The molecule has 1 saturated heterocycles. The van der Waals surface area contributed by atoms with Crippen molar-refractivity contribution in [3.05, 3.63) is 47.4 Å². The molecule has 2 rings (SSSR count). The highest BCUT2D eigenvalue weighted by molar-refractivity contribution is 6.55. The quantitative estimate of drug-likeness (QED) is 0.844. The Hall–Kier alpha value is -1.10. The lowest BCUT2D eigenvalue weighted by Gasteiger charge is -2.32. The van der Waals surface area contributed by atoms with Crippen molar-refractivity contribution in [2.45, 2.75) is 65.8 Å². The maximum atomic E-state index is 10.9. The summed E-state index contributed by atoms with van der Waals surface area (Å²) in [6.07, 6.45) is 1.32. The smallest absolute Gasteiger partial charge is 0.399 e. The molecule has 0 bridgehead atoms. The lowest BCUT2D eigenvalue weighted by Crippen LogP contribution is -2.41. The van der Waals surface area contributed by atoms with Crippen molar-refractivity contribution in [2.75, 3.05) is 0 Å². The molecule has 0 aromatic heterocycles. The molecule has 1 heterocycles. The first kappa shape index (κ1) is 18.2. The third-order valence-corrected chi connectivity index (χ3v) is 4.56. The number of hydrogen-bond donors (Lipinski definition) is 1. The predicted molar refractivity (Wildman–Crippen MR) is 95.0 cm³/mol. The monoisotopic (exact) mass is 316 g/mol. The molecule has 1 unspecified atom stereocenters. The predicted octanol–water partition coefficient (Wildman–Crippen LogP) is 4.32. The lowest BCUT2D eigenvalue weighted by molar-refractivity contribution is 0.00578. The summed E-state index contributed by atoms with van der Waals surface area (Å²) >= 11 is 0. The zero-order valence-electron chi connectivity index (χ0n) is 15.4. The highest BCUT2D eigenvalue weighted by Gasteiger charge is 2.53. The highest BCUT2D eigenvalue weighted by atomic mass is 16.7. The number of aliphatic hydroxyl groups is 1. The Kier molecular flexibility index (Phi) is 4.82. The Balaban J connectivity index is 2.40. The summed E-state index contributed by atoms with van der Waals surface area (Å²) in [5.74, 6) is 0. The van der Waals surface area contributed by atoms with E-state index in [0.717, 1.165) is 11.0 Å². The van der Waals surface area contributed by atoms with Gasteiger partial charge in [0.1, 0.15) is 0 Å². The first-order chi connectivity index (χ1) is 10.4. The van der Waals surface area contributed by atoms with Gasteiger partial charge in [0.15, 0.2) is 0 Å². The average molecular weight is 316 g/mol. The van der Waals surface area contributed by atoms with Crippen LogP contribution in [0.3, 0.4) is 0 Å². The Morgan fingerprint density at radius 3 is 1.96 bits per heavy atom. The molecule has 126 valence electrons. The van der Waals surface area contributed by atoms with Crippen molar-refractivity contribution in [3.63, 3.8) is 0 Å². The van der Waals surface area contributed by atoms with E-state index in [1.807, 2.05) is 58.0 Å². The minimum absolute atomic E-state index is 0.0886. The van der Waals surface area contributed by atoms with Gasteiger partial charge in [0.2, 0.25) is 0 Å². The third-order valence-electron chi connectivity index (χ3n) is 4.56. The molecule has 1 N–H and O–H groups in total. The fraction of sp³-hybridized carbons (Fsp3) is 0.579. The number of hydrogen-bond acceptors (Lipinski definition) is 3. The highest BCUT2D eigenvalue weighted by Crippen LogP contribution is 2.41. The molecule has 0 aliphatic carbocycles. The van der Waals surface area contributed by atoms with Crippen LogP contribution < -0.4 is 0 Å². The van der Waals surface area contributed by atoms with Crippen LogP contribution in [0.15, 0.2) is 41.9 Å². The summed E-state index contributed by atoms with van der Waals surface area (Å²) in [5.41, 5.74) is 0.671. The zero-order chi connectivity index (χ0) is 17.5. The minimum Gasteiger partial charge on any atom is -0.399 e. The van der Waals surface area contributed by atoms with Crippen LogP contribution in [0.4, 0.5) is 0 Å². The standard InChI is InChI=1S/C19H29BO3/c1-17(2,3)13-15(16(21)14-11-9-8-10-12-14)20-22-18(4,5)19(6,7)23-20/h8-13,16,21H,1-7H3/b15-13-. The lowest BCUT2D eigenvalue weighted by atomic mass is 9.70. The van der Waals surface area contributed by atoms with Crippen molar-refractivity contribution in [1.29, 1.82) is 0 Å². The van der Waals surface area contributed by atoms with E-state index < -0.39 is 24.4 Å². The van der Waals surface area contributed by atoms with Gasteiger partial charge in [0, 0.05) is 0 Å². The van der Waals surface area contributed by atoms with Gasteiger partial charge in [0.05, 0.1) is 17.3 Å². The van der Waals surface area contributed by atoms with Crippen molar-refractivity contribution < 1.29 is 14.4 Å². The van der Waals surface area contributed by atoms with E-state index in [2.05, 4.69) is 26.8 Å². The number of aliphatic hydroxyl groups excluding tert-OH is 1. The average Bonchev–Trinajstić information content (AvgIpc) is 2.64. The Morgan fingerprint density at radius 2 is 1.52 bits per heavy atom. The van der Waals surface area contributed by atoms with Gasteiger partial charge in [-0.1, -0.05) is 57.2 Å². The summed E-state index contributed by atoms with van der Waals surface area (Å²) in [6, 6.07) is 9.64. The molecule has 1 fully saturated rings. The molecular weight excluding hydrogens is 287 g/mol. The maximum Gasteiger partial charge on any atom is 0.493 e. The largest absolute Gasteiger partial charge is 0.493 e. The summed E-state index contributed by atoms with van der Waals surface area (Å²) in [4.78, 5) is 0. The molecule has 1 atom stereocenters. The Morgan fingerprint density at radius 1 is 1.04 bits per heavy atom. The van der Waals surface area contributed by atoms with Crippen LogP contribution >= 0.6 is 0 Å². The van der Waals surface area contributed by atoms with E-state index in [-0.39, 0.29) is 5.41 Å². The summed E-state index contributed by atoms with van der Waals surface area (Å²) < 4.78 is 12.3. The SMILES string of the molecule is CC(C)(C)/C=C(\B1OC(C)(C)C(C)(C)O1)C(O)c1ccccc1. The number of allylic oxidation sites excluding steroid dienone is 1. The first-order valence-corrected chi connectivity index (χ1v) is 8.24. The molecule has 0 spiro atoms. The summed E-state index contributed by atoms with van der Waals surface area (Å²) in [5, 5.41) is 10.9. The number of rotatable bonds is 3. The fourth-order valence-electron chi connectivity index (χ4n) is 2.58. The molecule has 1 aliphatic heterocycles. The molecular formula is C19H29BO3. The number of benzene rings is 1. The van der Waals surface area contributed by atoms with Crippen LogP contribution in [-0.2, 0) is 9.31 Å². The molecule has 0 saturated carbocycles. The summed E-state index contributed by atoms with van der Waals surface area (Å²) in [6.45, 7) is 14.4. The maximum absolute atomic E-state index is 10.9. The van der Waals surface area contributed by atoms with E-state index in [1.54, 1.807) is 0 Å². The molecule has 0 radical (unpaired) electrons. The second-order valence-corrected chi connectivity index (χ2v) is 8.41.